The van der Waals surface area contributed by atoms with Crippen molar-refractivity contribution in [1.29, 1.82) is 0 Å². The molecule has 0 saturated carbocycles. The lowest BCUT2D eigenvalue weighted by molar-refractivity contribution is 0.0991. The van der Waals surface area contributed by atoms with Crippen LogP contribution in [0.1, 0.15) is 23.2 Å². The second kappa shape index (κ2) is 8.86. The zero-order valence-electron chi connectivity index (χ0n) is 13.8. The van der Waals surface area contributed by atoms with E-state index in [1.807, 2.05) is 0 Å². The van der Waals surface area contributed by atoms with Crippen LogP contribution in [0.15, 0.2) is 36.4 Å². The maximum Gasteiger partial charge on any atom is 0.254 e. The first kappa shape index (κ1) is 18.5. The zero-order chi connectivity index (χ0) is 18.2. The number of methoxy groups -OCH3 is 1. The van der Waals surface area contributed by atoms with E-state index in [1.165, 1.54) is 0 Å². The first-order chi connectivity index (χ1) is 12.0. The van der Waals surface area contributed by atoms with Gasteiger partial charge in [-0.15, -0.1) is 0 Å². The molecule has 0 aromatic heterocycles. The number of benzene rings is 2. The van der Waals surface area contributed by atoms with E-state index in [9.17, 15) is 13.6 Å². The van der Waals surface area contributed by atoms with Crippen molar-refractivity contribution in [2.24, 2.45) is 5.73 Å². The van der Waals surface area contributed by atoms with Gasteiger partial charge in [-0.2, -0.15) is 0 Å². The molecular formula is C18H19F2NO4. The van der Waals surface area contributed by atoms with E-state index >= 15 is 0 Å². The summed E-state index contributed by atoms with van der Waals surface area (Å²) in [6.45, 7) is 0.668. The van der Waals surface area contributed by atoms with Gasteiger partial charge in [0.25, 0.3) is 5.91 Å². The van der Waals surface area contributed by atoms with Crippen molar-refractivity contribution in [2.75, 3.05) is 20.3 Å². The van der Waals surface area contributed by atoms with Gasteiger partial charge < -0.3 is 19.9 Å². The molecular weight excluding hydrogens is 332 g/mol. The van der Waals surface area contributed by atoms with Crippen LogP contribution in [0.2, 0.25) is 0 Å². The fraction of sp³-hybridized carbons (Fsp3) is 0.278. The highest BCUT2D eigenvalue weighted by molar-refractivity contribution is 5.93. The van der Waals surface area contributed by atoms with Gasteiger partial charge in [0.05, 0.1) is 20.3 Å². The number of carbonyl (C=O) groups excluding carboxylic acids is 1. The molecule has 0 unspecified atom stereocenters. The Morgan fingerprint density at radius 1 is 0.960 bits per heavy atom. The monoisotopic (exact) mass is 351 g/mol. The average Bonchev–Trinajstić information content (AvgIpc) is 2.60. The number of unbranched alkanes of at least 4 members (excludes halogenated alkanes) is 1. The molecule has 0 aliphatic carbocycles. The molecule has 5 nitrogen and oxygen atoms in total. The Hall–Kier alpha value is -2.83. The molecule has 0 atom stereocenters. The summed E-state index contributed by atoms with van der Waals surface area (Å²) >= 11 is 0. The van der Waals surface area contributed by atoms with Gasteiger partial charge in [-0.05, 0) is 49.2 Å². The van der Waals surface area contributed by atoms with Crippen molar-refractivity contribution in [2.45, 2.75) is 12.8 Å². The minimum atomic E-state index is -1.17. The molecule has 0 radical (unpaired) electrons. The number of primary amides is 1. The molecule has 7 heteroatoms. The van der Waals surface area contributed by atoms with Gasteiger partial charge in [-0.25, -0.2) is 8.78 Å². The molecule has 25 heavy (non-hydrogen) atoms. The van der Waals surface area contributed by atoms with E-state index in [-0.39, 0.29) is 12.4 Å². The van der Waals surface area contributed by atoms with Crippen molar-refractivity contribution < 1.29 is 27.8 Å². The number of amides is 1. The molecule has 0 bridgehead atoms. The maximum atomic E-state index is 13.9. The van der Waals surface area contributed by atoms with E-state index in [0.29, 0.717) is 19.4 Å². The largest absolute Gasteiger partial charge is 0.497 e. The fourth-order valence-corrected chi connectivity index (χ4v) is 2.12. The van der Waals surface area contributed by atoms with Gasteiger partial charge >= 0.3 is 0 Å². The summed E-state index contributed by atoms with van der Waals surface area (Å²) in [5.41, 5.74) is 4.16. The molecule has 0 aliphatic heterocycles. The summed E-state index contributed by atoms with van der Waals surface area (Å²) < 4.78 is 43.1. The van der Waals surface area contributed by atoms with Crippen LogP contribution in [0, 0.1) is 11.6 Å². The number of nitrogens with two attached hydrogens (primary N) is 1. The van der Waals surface area contributed by atoms with Crippen molar-refractivity contribution in [3.8, 4) is 17.2 Å². The molecule has 2 aromatic carbocycles. The minimum Gasteiger partial charge on any atom is -0.497 e. The molecule has 134 valence electrons. The summed E-state index contributed by atoms with van der Waals surface area (Å²) in [7, 11) is 1.59. The Morgan fingerprint density at radius 2 is 1.56 bits per heavy atom. The molecule has 2 rings (SSSR count). The highest BCUT2D eigenvalue weighted by Crippen LogP contribution is 2.23. The lowest BCUT2D eigenvalue weighted by Crippen LogP contribution is -2.16. The van der Waals surface area contributed by atoms with E-state index in [2.05, 4.69) is 0 Å². The molecule has 0 heterocycles. The van der Waals surface area contributed by atoms with Crippen molar-refractivity contribution >= 4 is 5.91 Å². The standard InChI is InChI=1S/C18H19F2NO4/c1-23-12-4-6-13(7-5-12)24-10-2-3-11-25-15-9-8-14(19)16(17(15)20)18(21)22/h4-9H,2-3,10-11H2,1H3,(H2,21,22). The number of halogens is 2. The molecule has 2 N–H and O–H groups in total. The number of hydrogen-bond acceptors (Lipinski definition) is 4. The van der Waals surface area contributed by atoms with Gasteiger partial charge in [0, 0.05) is 0 Å². The van der Waals surface area contributed by atoms with Crippen LogP contribution in [-0.4, -0.2) is 26.2 Å². The molecule has 1 amide bonds. The third-order valence-corrected chi connectivity index (χ3v) is 3.43. The van der Waals surface area contributed by atoms with Crippen molar-refractivity contribution in [1.82, 2.24) is 0 Å². The van der Waals surface area contributed by atoms with Crippen LogP contribution < -0.4 is 19.9 Å². The second-order valence-electron chi connectivity index (χ2n) is 5.18. The average molecular weight is 351 g/mol. The van der Waals surface area contributed by atoms with Crippen molar-refractivity contribution in [3.63, 3.8) is 0 Å². The second-order valence-corrected chi connectivity index (χ2v) is 5.18. The third-order valence-electron chi connectivity index (χ3n) is 3.43. The van der Waals surface area contributed by atoms with Crippen LogP contribution in [0.5, 0.6) is 17.2 Å². The smallest absolute Gasteiger partial charge is 0.254 e. The molecule has 2 aromatic rings. The Morgan fingerprint density at radius 3 is 2.16 bits per heavy atom. The molecule has 0 saturated heterocycles. The van der Waals surface area contributed by atoms with Crippen LogP contribution >= 0.6 is 0 Å². The van der Waals surface area contributed by atoms with Crippen LogP contribution in [0.25, 0.3) is 0 Å². The molecule has 0 spiro atoms. The predicted molar refractivity (Wildman–Crippen MR) is 88.1 cm³/mol. The Labute approximate surface area is 144 Å². The highest BCUT2D eigenvalue weighted by atomic mass is 19.1. The maximum absolute atomic E-state index is 13.9. The van der Waals surface area contributed by atoms with Crippen LogP contribution in [0.4, 0.5) is 8.78 Å². The summed E-state index contributed by atoms with van der Waals surface area (Å²) in [6.07, 6.45) is 1.27. The number of ether oxygens (including phenoxy) is 3. The molecule has 0 aliphatic rings. The lowest BCUT2D eigenvalue weighted by Gasteiger charge is -2.10. The zero-order valence-corrected chi connectivity index (χ0v) is 13.8. The van der Waals surface area contributed by atoms with Gasteiger partial charge in [0.1, 0.15) is 22.9 Å². The summed E-state index contributed by atoms with van der Waals surface area (Å²) in [5, 5.41) is 0. The van der Waals surface area contributed by atoms with Crippen LogP contribution in [0.3, 0.4) is 0 Å². The number of hydrogen-bond donors (Lipinski definition) is 1. The summed E-state index contributed by atoms with van der Waals surface area (Å²) in [5.74, 6) is -2.00. The van der Waals surface area contributed by atoms with Gasteiger partial charge in [0.2, 0.25) is 0 Å². The van der Waals surface area contributed by atoms with Crippen LogP contribution in [-0.2, 0) is 0 Å². The third kappa shape index (κ3) is 5.07. The topological polar surface area (TPSA) is 70.8 Å². The minimum absolute atomic E-state index is 0.201. The first-order valence-corrected chi connectivity index (χ1v) is 7.70. The number of carbonyl (C=O) groups is 1. The highest BCUT2D eigenvalue weighted by Gasteiger charge is 2.19. The van der Waals surface area contributed by atoms with Crippen molar-refractivity contribution in [3.05, 3.63) is 53.6 Å². The van der Waals surface area contributed by atoms with E-state index < -0.39 is 23.1 Å². The van der Waals surface area contributed by atoms with E-state index in [0.717, 1.165) is 23.6 Å². The fourth-order valence-electron chi connectivity index (χ4n) is 2.12. The lowest BCUT2D eigenvalue weighted by atomic mass is 10.1. The Bertz CT molecular complexity index is 720. The Kier molecular flexibility index (Phi) is 6.56. The summed E-state index contributed by atoms with van der Waals surface area (Å²) in [4.78, 5) is 11.0. The van der Waals surface area contributed by atoms with Gasteiger partial charge in [-0.3, -0.25) is 4.79 Å². The first-order valence-electron chi connectivity index (χ1n) is 7.70. The quantitative estimate of drug-likeness (QED) is 0.704. The van der Waals surface area contributed by atoms with Gasteiger partial charge in [0.15, 0.2) is 11.6 Å². The Balaban J connectivity index is 1.74. The SMILES string of the molecule is COc1ccc(OCCCCOc2ccc(F)c(C(N)=O)c2F)cc1. The number of rotatable bonds is 9. The molecule has 0 fully saturated rings. The van der Waals surface area contributed by atoms with E-state index in [4.69, 9.17) is 19.9 Å². The van der Waals surface area contributed by atoms with Gasteiger partial charge in [-0.1, -0.05) is 0 Å². The predicted octanol–water partition coefficient (Wildman–Crippen LogP) is 3.31. The summed E-state index contributed by atoms with van der Waals surface area (Å²) in [6, 6.07) is 9.28. The normalized spacial score (nSPS) is 10.4. The van der Waals surface area contributed by atoms with E-state index in [1.54, 1.807) is 31.4 Å².